The highest BCUT2D eigenvalue weighted by Gasteiger charge is 2.29. The second kappa shape index (κ2) is 6.08. The number of amides is 1. The number of benzene rings is 1. The maximum atomic E-state index is 12.7. The number of rotatable bonds is 5. The van der Waals surface area contributed by atoms with Crippen LogP contribution in [0.3, 0.4) is 0 Å². The number of carbonyl (C=O) groups is 1. The van der Waals surface area contributed by atoms with E-state index >= 15 is 0 Å². The van der Waals surface area contributed by atoms with Gasteiger partial charge in [0.15, 0.2) is 5.16 Å². The summed E-state index contributed by atoms with van der Waals surface area (Å²) in [5, 5.41) is 3.66. The number of pyridine rings is 1. The normalized spacial score (nSPS) is 15.5. The standard InChI is InChI=1S/C18H17N3OS/c22-17(20-14-9-10-14)16(13-6-2-1-3-7-13)23-18-19-12-15-8-4-5-11-21(15)18/h1-8,11-12,14,16H,9-10H2,(H,20,22)/t16-/m1/s1. The number of hydrogen-bond donors (Lipinski definition) is 1. The SMILES string of the molecule is O=C(NC1CC1)[C@H](Sc1ncc2ccccn12)c1ccccc1. The molecule has 4 rings (SSSR count). The molecule has 1 saturated carbocycles. The molecule has 1 aliphatic rings. The van der Waals surface area contributed by atoms with Crippen LogP contribution in [0.4, 0.5) is 0 Å². The number of imidazole rings is 1. The van der Waals surface area contributed by atoms with Crippen molar-refractivity contribution in [1.82, 2.24) is 14.7 Å². The van der Waals surface area contributed by atoms with Crippen molar-refractivity contribution in [3.8, 4) is 0 Å². The molecule has 0 bridgehead atoms. The van der Waals surface area contributed by atoms with Gasteiger partial charge in [-0.25, -0.2) is 4.98 Å². The van der Waals surface area contributed by atoms with Gasteiger partial charge >= 0.3 is 0 Å². The van der Waals surface area contributed by atoms with Crippen LogP contribution >= 0.6 is 11.8 Å². The van der Waals surface area contributed by atoms with E-state index in [1.165, 1.54) is 11.8 Å². The lowest BCUT2D eigenvalue weighted by atomic mass is 10.1. The molecule has 0 saturated heterocycles. The molecule has 1 aliphatic carbocycles. The number of hydrogen-bond acceptors (Lipinski definition) is 3. The van der Waals surface area contributed by atoms with Crippen molar-refractivity contribution in [1.29, 1.82) is 0 Å². The molecule has 1 atom stereocenters. The molecule has 1 aromatic carbocycles. The van der Waals surface area contributed by atoms with E-state index in [-0.39, 0.29) is 11.2 Å². The van der Waals surface area contributed by atoms with Gasteiger partial charge in [-0.05, 0) is 30.5 Å². The molecule has 2 aromatic heterocycles. The van der Waals surface area contributed by atoms with Gasteiger partial charge in [-0.3, -0.25) is 9.20 Å². The second-order valence-electron chi connectivity index (χ2n) is 5.73. The zero-order chi connectivity index (χ0) is 15.6. The monoisotopic (exact) mass is 323 g/mol. The van der Waals surface area contributed by atoms with Gasteiger partial charge in [0, 0.05) is 12.2 Å². The molecule has 5 heteroatoms. The van der Waals surface area contributed by atoms with E-state index in [1.54, 1.807) is 0 Å². The summed E-state index contributed by atoms with van der Waals surface area (Å²) >= 11 is 1.50. The van der Waals surface area contributed by atoms with Crippen LogP contribution in [0.2, 0.25) is 0 Å². The zero-order valence-electron chi connectivity index (χ0n) is 12.6. The third-order valence-corrected chi connectivity index (χ3v) is 5.13. The molecule has 1 N–H and O–H groups in total. The van der Waals surface area contributed by atoms with Gasteiger partial charge in [0.2, 0.25) is 5.91 Å². The van der Waals surface area contributed by atoms with E-state index < -0.39 is 0 Å². The Morgan fingerprint density at radius 3 is 2.74 bits per heavy atom. The van der Waals surface area contributed by atoms with Crippen LogP contribution in [-0.2, 0) is 4.79 Å². The quantitative estimate of drug-likeness (QED) is 0.732. The first-order chi connectivity index (χ1) is 11.3. The number of aromatic nitrogens is 2. The lowest BCUT2D eigenvalue weighted by molar-refractivity contribution is -0.120. The van der Waals surface area contributed by atoms with Crippen molar-refractivity contribution in [2.75, 3.05) is 0 Å². The van der Waals surface area contributed by atoms with Crippen molar-refractivity contribution >= 4 is 23.2 Å². The van der Waals surface area contributed by atoms with E-state index in [4.69, 9.17) is 0 Å². The van der Waals surface area contributed by atoms with Crippen LogP contribution < -0.4 is 5.32 Å². The molecule has 0 aliphatic heterocycles. The van der Waals surface area contributed by atoms with E-state index in [0.29, 0.717) is 6.04 Å². The minimum absolute atomic E-state index is 0.0661. The summed E-state index contributed by atoms with van der Waals surface area (Å²) in [5.74, 6) is 0.0661. The Morgan fingerprint density at radius 2 is 1.96 bits per heavy atom. The summed E-state index contributed by atoms with van der Waals surface area (Å²) in [6.45, 7) is 0. The lowest BCUT2D eigenvalue weighted by Crippen LogP contribution is -2.29. The zero-order valence-corrected chi connectivity index (χ0v) is 13.4. The average molecular weight is 323 g/mol. The van der Waals surface area contributed by atoms with Crippen LogP contribution in [0.25, 0.3) is 5.52 Å². The van der Waals surface area contributed by atoms with Crippen LogP contribution in [0.15, 0.2) is 66.1 Å². The van der Waals surface area contributed by atoms with Gasteiger partial charge in [0.05, 0.1) is 11.7 Å². The molecule has 1 fully saturated rings. The first-order valence-electron chi connectivity index (χ1n) is 7.75. The first kappa shape index (κ1) is 14.3. The third kappa shape index (κ3) is 3.10. The highest BCUT2D eigenvalue weighted by molar-refractivity contribution is 8.00. The fourth-order valence-corrected chi connectivity index (χ4v) is 3.59. The summed E-state index contributed by atoms with van der Waals surface area (Å²) in [4.78, 5) is 17.2. The van der Waals surface area contributed by atoms with E-state index in [2.05, 4.69) is 10.3 Å². The largest absolute Gasteiger partial charge is 0.352 e. The summed E-state index contributed by atoms with van der Waals surface area (Å²) in [6, 6.07) is 16.2. The Bertz CT molecular complexity index is 826. The molecule has 0 radical (unpaired) electrons. The number of thioether (sulfide) groups is 1. The molecule has 116 valence electrons. The molecular weight excluding hydrogens is 306 g/mol. The molecule has 2 heterocycles. The van der Waals surface area contributed by atoms with Crippen LogP contribution in [-0.4, -0.2) is 21.3 Å². The molecular formula is C18H17N3OS. The molecule has 1 amide bonds. The summed E-state index contributed by atoms with van der Waals surface area (Å²) in [5.41, 5.74) is 2.03. The summed E-state index contributed by atoms with van der Waals surface area (Å²) in [6.07, 6.45) is 5.99. The van der Waals surface area contributed by atoms with Crippen LogP contribution in [0.5, 0.6) is 0 Å². The van der Waals surface area contributed by atoms with Gasteiger partial charge in [0.25, 0.3) is 0 Å². The van der Waals surface area contributed by atoms with Gasteiger partial charge < -0.3 is 5.32 Å². The lowest BCUT2D eigenvalue weighted by Gasteiger charge is -2.16. The Labute approximate surface area is 138 Å². The Morgan fingerprint density at radius 1 is 1.17 bits per heavy atom. The summed E-state index contributed by atoms with van der Waals surface area (Å²) < 4.78 is 2.02. The number of carbonyl (C=O) groups excluding carboxylic acids is 1. The number of fused-ring (bicyclic) bond motifs is 1. The smallest absolute Gasteiger partial charge is 0.238 e. The number of nitrogens with one attached hydrogen (secondary N) is 1. The Balaban J connectivity index is 1.65. The maximum absolute atomic E-state index is 12.7. The van der Waals surface area contributed by atoms with E-state index in [1.807, 2.05) is 65.3 Å². The maximum Gasteiger partial charge on any atom is 0.238 e. The van der Waals surface area contributed by atoms with Crippen LogP contribution in [0, 0.1) is 0 Å². The van der Waals surface area contributed by atoms with Gasteiger partial charge in [-0.1, -0.05) is 48.2 Å². The van der Waals surface area contributed by atoms with Crippen molar-refractivity contribution in [2.24, 2.45) is 0 Å². The van der Waals surface area contributed by atoms with Crippen LogP contribution in [0.1, 0.15) is 23.7 Å². The fourth-order valence-electron chi connectivity index (χ4n) is 2.52. The van der Waals surface area contributed by atoms with Gasteiger partial charge in [-0.15, -0.1) is 0 Å². The van der Waals surface area contributed by atoms with Crippen molar-refractivity contribution < 1.29 is 4.79 Å². The average Bonchev–Trinajstić information content (AvgIpc) is 3.31. The Kier molecular flexibility index (Phi) is 3.79. The van der Waals surface area contributed by atoms with E-state index in [0.717, 1.165) is 29.1 Å². The molecule has 4 nitrogen and oxygen atoms in total. The topological polar surface area (TPSA) is 46.4 Å². The Hall–Kier alpha value is -2.27. The molecule has 0 unspecified atom stereocenters. The fraction of sp³-hybridized carbons (Fsp3) is 0.222. The predicted octanol–water partition coefficient (Wildman–Crippen LogP) is 3.45. The highest BCUT2D eigenvalue weighted by atomic mass is 32.2. The minimum Gasteiger partial charge on any atom is -0.352 e. The van der Waals surface area contributed by atoms with Crippen molar-refractivity contribution in [3.63, 3.8) is 0 Å². The van der Waals surface area contributed by atoms with Gasteiger partial charge in [0.1, 0.15) is 5.25 Å². The molecule has 23 heavy (non-hydrogen) atoms. The first-order valence-corrected chi connectivity index (χ1v) is 8.63. The second-order valence-corrected chi connectivity index (χ2v) is 6.80. The highest BCUT2D eigenvalue weighted by Crippen LogP contribution is 2.35. The summed E-state index contributed by atoms with van der Waals surface area (Å²) in [7, 11) is 0. The van der Waals surface area contributed by atoms with E-state index in [9.17, 15) is 4.79 Å². The van der Waals surface area contributed by atoms with Crippen molar-refractivity contribution in [3.05, 3.63) is 66.5 Å². The number of nitrogens with zero attached hydrogens (tertiary/aromatic N) is 2. The molecule has 0 spiro atoms. The van der Waals surface area contributed by atoms with Crippen molar-refractivity contribution in [2.45, 2.75) is 29.3 Å². The third-order valence-electron chi connectivity index (χ3n) is 3.89. The molecule has 3 aromatic rings. The predicted molar refractivity (Wildman–Crippen MR) is 91.4 cm³/mol. The minimum atomic E-state index is -0.289. The van der Waals surface area contributed by atoms with Gasteiger partial charge in [-0.2, -0.15) is 0 Å².